The first kappa shape index (κ1) is 12.4. The van der Waals surface area contributed by atoms with Gasteiger partial charge in [-0.1, -0.05) is 31.9 Å². The molecule has 0 unspecified atom stereocenters. The lowest BCUT2D eigenvalue weighted by atomic mass is 9.99. The van der Waals surface area contributed by atoms with Crippen molar-refractivity contribution in [3.63, 3.8) is 0 Å². The Labute approximate surface area is 104 Å². The molecule has 1 atom stereocenters. The highest BCUT2D eigenvalue weighted by Gasteiger charge is 2.19. The van der Waals surface area contributed by atoms with Crippen molar-refractivity contribution >= 4 is 0 Å². The fourth-order valence-electron chi connectivity index (χ4n) is 2.57. The van der Waals surface area contributed by atoms with Gasteiger partial charge in [0.05, 0.1) is 0 Å². The highest BCUT2D eigenvalue weighted by Crippen LogP contribution is 2.31. The van der Waals surface area contributed by atoms with Gasteiger partial charge >= 0.3 is 0 Å². The minimum absolute atomic E-state index is 0.362. The van der Waals surface area contributed by atoms with Gasteiger partial charge in [-0.05, 0) is 43.9 Å². The first-order chi connectivity index (χ1) is 8.31. The summed E-state index contributed by atoms with van der Waals surface area (Å²) in [7, 11) is 0. The molecule has 0 aliphatic carbocycles. The standard InChI is InChI=1S/C15H23NO/c1-2-3-4-6-12-8-9-15(17)13(11-12)14-7-5-10-16-14/h8-9,11,14,16-17H,2-7,10H2,1H3/t14-/m1/s1. The molecular weight excluding hydrogens is 210 g/mol. The molecule has 0 aromatic heterocycles. The Kier molecular flexibility index (Phi) is 4.43. The van der Waals surface area contributed by atoms with E-state index in [9.17, 15) is 5.11 Å². The minimum Gasteiger partial charge on any atom is -0.508 e. The van der Waals surface area contributed by atoms with E-state index in [1.54, 1.807) is 0 Å². The summed E-state index contributed by atoms with van der Waals surface area (Å²) < 4.78 is 0. The molecule has 1 aliphatic rings. The van der Waals surface area contributed by atoms with E-state index in [-0.39, 0.29) is 0 Å². The van der Waals surface area contributed by atoms with Crippen molar-refractivity contribution in [3.05, 3.63) is 29.3 Å². The van der Waals surface area contributed by atoms with Crippen LogP contribution in [-0.4, -0.2) is 11.7 Å². The normalized spacial score (nSPS) is 19.7. The van der Waals surface area contributed by atoms with Gasteiger partial charge in [-0.15, -0.1) is 0 Å². The van der Waals surface area contributed by atoms with Gasteiger partial charge in [0.2, 0.25) is 0 Å². The summed E-state index contributed by atoms with van der Waals surface area (Å²) in [5.41, 5.74) is 2.46. The molecule has 1 aliphatic heterocycles. The van der Waals surface area contributed by atoms with Crippen LogP contribution >= 0.6 is 0 Å². The predicted molar refractivity (Wildman–Crippen MR) is 71.3 cm³/mol. The Morgan fingerprint density at radius 2 is 2.24 bits per heavy atom. The number of phenolic OH excluding ortho intramolecular Hbond substituents is 1. The lowest BCUT2D eigenvalue weighted by Crippen LogP contribution is -2.13. The van der Waals surface area contributed by atoms with Crippen LogP contribution in [0.3, 0.4) is 0 Å². The molecule has 1 aromatic rings. The summed E-state index contributed by atoms with van der Waals surface area (Å²) in [5, 5.41) is 13.4. The number of nitrogens with one attached hydrogen (secondary N) is 1. The van der Waals surface area contributed by atoms with Gasteiger partial charge in [0.15, 0.2) is 0 Å². The summed E-state index contributed by atoms with van der Waals surface area (Å²) in [6, 6.07) is 6.47. The maximum Gasteiger partial charge on any atom is 0.120 e. The third kappa shape index (κ3) is 3.22. The molecule has 0 bridgehead atoms. The number of rotatable bonds is 5. The zero-order valence-electron chi connectivity index (χ0n) is 10.7. The third-order valence-corrected chi connectivity index (χ3v) is 3.60. The van der Waals surface area contributed by atoms with Crippen LogP contribution in [-0.2, 0) is 6.42 Å². The average Bonchev–Trinajstić information content (AvgIpc) is 2.85. The number of aryl methyl sites for hydroxylation is 1. The van der Waals surface area contributed by atoms with E-state index in [0.29, 0.717) is 11.8 Å². The Hall–Kier alpha value is -1.02. The van der Waals surface area contributed by atoms with Gasteiger partial charge in [-0.2, -0.15) is 0 Å². The number of benzene rings is 1. The van der Waals surface area contributed by atoms with Crippen LogP contribution in [0.1, 0.15) is 56.2 Å². The Morgan fingerprint density at radius 1 is 1.35 bits per heavy atom. The van der Waals surface area contributed by atoms with Crippen molar-refractivity contribution < 1.29 is 5.11 Å². The average molecular weight is 233 g/mol. The first-order valence-corrected chi connectivity index (χ1v) is 6.86. The van der Waals surface area contributed by atoms with Gasteiger partial charge in [0, 0.05) is 11.6 Å². The molecule has 2 rings (SSSR count). The molecule has 1 fully saturated rings. The van der Waals surface area contributed by atoms with Crippen LogP contribution in [0.4, 0.5) is 0 Å². The summed E-state index contributed by atoms with van der Waals surface area (Å²) in [4.78, 5) is 0. The van der Waals surface area contributed by atoms with Gasteiger partial charge in [0.25, 0.3) is 0 Å². The summed E-state index contributed by atoms with van der Waals surface area (Å²) in [5.74, 6) is 0.448. The van der Waals surface area contributed by atoms with Crippen LogP contribution < -0.4 is 5.32 Å². The largest absolute Gasteiger partial charge is 0.508 e. The van der Waals surface area contributed by atoms with E-state index in [4.69, 9.17) is 0 Å². The minimum atomic E-state index is 0.362. The Balaban J connectivity index is 2.06. The van der Waals surface area contributed by atoms with E-state index in [1.165, 1.54) is 31.2 Å². The van der Waals surface area contributed by atoms with Gasteiger partial charge in [0.1, 0.15) is 5.75 Å². The van der Waals surface area contributed by atoms with Crippen molar-refractivity contribution in [2.45, 2.75) is 51.5 Å². The number of aromatic hydroxyl groups is 1. The molecule has 2 nitrogen and oxygen atoms in total. The molecular formula is C15H23NO. The SMILES string of the molecule is CCCCCc1ccc(O)c([C@H]2CCCN2)c1. The van der Waals surface area contributed by atoms with Crippen molar-refractivity contribution in [2.75, 3.05) is 6.54 Å². The van der Waals surface area contributed by atoms with Crippen LogP contribution in [0.5, 0.6) is 5.75 Å². The second kappa shape index (κ2) is 6.06. The van der Waals surface area contributed by atoms with E-state index in [1.807, 2.05) is 6.07 Å². The molecule has 1 aromatic carbocycles. The third-order valence-electron chi connectivity index (χ3n) is 3.60. The van der Waals surface area contributed by atoms with Crippen LogP contribution in [0.15, 0.2) is 18.2 Å². The van der Waals surface area contributed by atoms with Crippen LogP contribution in [0.25, 0.3) is 0 Å². The molecule has 0 saturated carbocycles. The van der Waals surface area contributed by atoms with Crippen molar-refractivity contribution in [1.82, 2.24) is 5.32 Å². The van der Waals surface area contributed by atoms with Crippen molar-refractivity contribution in [1.29, 1.82) is 0 Å². The summed E-state index contributed by atoms with van der Waals surface area (Å²) in [6.07, 6.45) is 7.29. The topological polar surface area (TPSA) is 32.3 Å². The molecule has 1 saturated heterocycles. The van der Waals surface area contributed by atoms with E-state index < -0.39 is 0 Å². The molecule has 0 amide bonds. The molecule has 17 heavy (non-hydrogen) atoms. The maximum atomic E-state index is 9.93. The quantitative estimate of drug-likeness (QED) is 0.762. The fraction of sp³-hybridized carbons (Fsp3) is 0.600. The van der Waals surface area contributed by atoms with E-state index in [0.717, 1.165) is 24.9 Å². The Morgan fingerprint density at radius 3 is 2.94 bits per heavy atom. The Bertz CT molecular complexity index is 356. The van der Waals surface area contributed by atoms with Crippen molar-refractivity contribution in [2.24, 2.45) is 0 Å². The van der Waals surface area contributed by atoms with E-state index >= 15 is 0 Å². The number of hydrogen-bond donors (Lipinski definition) is 2. The number of hydrogen-bond acceptors (Lipinski definition) is 2. The second-order valence-electron chi connectivity index (χ2n) is 5.00. The first-order valence-electron chi connectivity index (χ1n) is 6.86. The number of unbranched alkanes of at least 4 members (excludes halogenated alkanes) is 2. The van der Waals surface area contributed by atoms with Gasteiger partial charge < -0.3 is 10.4 Å². The lowest BCUT2D eigenvalue weighted by molar-refractivity contribution is 0.456. The zero-order valence-corrected chi connectivity index (χ0v) is 10.7. The molecule has 2 N–H and O–H groups in total. The zero-order chi connectivity index (χ0) is 12.1. The monoisotopic (exact) mass is 233 g/mol. The smallest absolute Gasteiger partial charge is 0.120 e. The maximum absolute atomic E-state index is 9.93. The van der Waals surface area contributed by atoms with Gasteiger partial charge in [-0.25, -0.2) is 0 Å². The summed E-state index contributed by atoms with van der Waals surface area (Å²) >= 11 is 0. The molecule has 0 radical (unpaired) electrons. The molecule has 1 heterocycles. The van der Waals surface area contributed by atoms with Crippen molar-refractivity contribution in [3.8, 4) is 5.75 Å². The number of phenols is 1. The van der Waals surface area contributed by atoms with Gasteiger partial charge in [-0.3, -0.25) is 0 Å². The highest BCUT2D eigenvalue weighted by molar-refractivity contribution is 5.38. The predicted octanol–water partition coefficient (Wildman–Crippen LogP) is 3.55. The fourth-order valence-corrected chi connectivity index (χ4v) is 2.57. The summed E-state index contributed by atoms with van der Waals surface area (Å²) in [6.45, 7) is 3.30. The van der Waals surface area contributed by atoms with Crippen LogP contribution in [0.2, 0.25) is 0 Å². The molecule has 0 spiro atoms. The highest BCUT2D eigenvalue weighted by atomic mass is 16.3. The lowest BCUT2D eigenvalue weighted by Gasteiger charge is -2.14. The van der Waals surface area contributed by atoms with E-state index in [2.05, 4.69) is 24.4 Å². The second-order valence-corrected chi connectivity index (χ2v) is 5.00. The molecule has 2 heteroatoms. The van der Waals surface area contributed by atoms with Crippen LogP contribution in [0, 0.1) is 0 Å². The molecule has 94 valence electrons.